The molecular weight excluding hydrogens is 279 g/mol. The number of aliphatic carboxylic acids is 1. The van der Waals surface area contributed by atoms with Crippen molar-refractivity contribution in [3.8, 4) is 0 Å². The van der Waals surface area contributed by atoms with Gasteiger partial charge in [0, 0.05) is 4.47 Å². The second kappa shape index (κ2) is 4.14. The fourth-order valence-corrected chi connectivity index (χ4v) is 2.10. The molecule has 0 atom stereocenters. The van der Waals surface area contributed by atoms with Crippen LogP contribution in [0.25, 0.3) is 0 Å². The Kier molecular flexibility index (Phi) is 2.99. The Morgan fingerprint density at radius 3 is 2.75 bits per heavy atom. The van der Waals surface area contributed by atoms with Gasteiger partial charge < -0.3 is 9.84 Å². The van der Waals surface area contributed by atoms with Crippen molar-refractivity contribution in [2.24, 2.45) is 5.41 Å². The number of carboxylic acid groups (broad SMARTS) is 1. The van der Waals surface area contributed by atoms with Crippen LogP contribution in [0.1, 0.15) is 5.56 Å². The van der Waals surface area contributed by atoms with Crippen molar-refractivity contribution in [2.75, 3.05) is 13.2 Å². The molecule has 1 aromatic rings. The SMILES string of the molecule is O=C(O)C1(Cc2cc(Br)ccc2F)COC1. The minimum absolute atomic E-state index is 0.147. The van der Waals surface area contributed by atoms with Gasteiger partial charge in [0.05, 0.1) is 13.2 Å². The fraction of sp³-hybridized carbons (Fsp3) is 0.364. The van der Waals surface area contributed by atoms with Crippen LogP contribution in [-0.2, 0) is 16.0 Å². The van der Waals surface area contributed by atoms with Crippen LogP contribution in [0.15, 0.2) is 22.7 Å². The summed E-state index contributed by atoms with van der Waals surface area (Å²) >= 11 is 3.24. The van der Waals surface area contributed by atoms with Crippen molar-refractivity contribution in [1.29, 1.82) is 0 Å². The third kappa shape index (κ3) is 1.97. The third-order valence-electron chi connectivity index (χ3n) is 2.75. The maximum Gasteiger partial charge on any atom is 0.314 e. The van der Waals surface area contributed by atoms with Crippen LogP contribution in [0.5, 0.6) is 0 Å². The summed E-state index contributed by atoms with van der Waals surface area (Å²) in [4.78, 5) is 11.1. The van der Waals surface area contributed by atoms with Crippen molar-refractivity contribution < 1.29 is 19.0 Å². The molecule has 5 heteroatoms. The molecule has 2 rings (SSSR count). The number of ether oxygens (including phenoxy) is 1. The Labute approximate surface area is 100 Å². The zero-order valence-corrected chi connectivity index (χ0v) is 9.96. The second-order valence-corrected chi connectivity index (χ2v) is 4.91. The van der Waals surface area contributed by atoms with Crippen molar-refractivity contribution >= 4 is 21.9 Å². The van der Waals surface area contributed by atoms with Crippen LogP contribution < -0.4 is 0 Å². The van der Waals surface area contributed by atoms with Crippen LogP contribution >= 0.6 is 15.9 Å². The standard InChI is InChI=1S/C11H10BrFO3/c12-8-1-2-9(13)7(3-8)4-11(10(14)15)5-16-6-11/h1-3H,4-6H2,(H,14,15). The summed E-state index contributed by atoms with van der Waals surface area (Å²) in [6.07, 6.45) is 0.160. The Hall–Kier alpha value is -0.940. The molecule has 1 fully saturated rings. The van der Waals surface area contributed by atoms with E-state index in [2.05, 4.69) is 15.9 Å². The van der Waals surface area contributed by atoms with E-state index in [0.29, 0.717) is 5.56 Å². The van der Waals surface area contributed by atoms with E-state index in [4.69, 9.17) is 9.84 Å². The maximum absolute atomic E-state index is 13.5. The van der Waals surface area contributed by atoms with Gasteiger partial charge in [0.2, 0.25) is 0 Å². The van der Waals surface area contributed by atoms with E-state index in [1.165, 1.54) is 6.07 Å². The van der Waals surface area contributed by atoms with Gasteiger partial charge in [-0.3, -0.25) is 4.79 Å². The first kappa shape index (κ1) is 11.5. The highest BCUT2D eigenvalue weighted by atomic mass is 79.9. The molecule has 1 aliphatic heterocycles. The lowest BCUT2D eigenvalue weighted by molar-refractivity contribution is -0.179. The highest BCUT2D eigenvalue weighted by molar-refractivity contribution is 9.10. The lowest BCUT2D eigenvalue weighted by Crippen LogP contribution is -2.50. The molecule has 1 aliphatic rings. The Morgan fingerprint density at radius 2 is 2.25 bits per heavy atom. The molecule has 1 heterocycles. The van der Waals surface area contributed by atoms with Gasteiger partial charge in [0.25, 0.3) is 0 Å². The van der Waals surface area contributed by atoms with Gasteiger partial charge in [-0.1, -0.05) is 15.9 Å². The largest absolute Gasteiger partial charge is 0.481 e. The average molecular weight is 289 g/mol. The van der Waals surface area contributed by atoms with E-state index in [-0.39, 0.29) is 25.5 Å². The number of carbonyl (C=O) groups is 1. The van der Waals surface area contributed by atoms with Crippen LogP contribution in [-0.4, -0.2) is 24.3 Å². The predicted octanol–water partition coefficient (Wildman–Crippen LogP) is 2.23. The molecule has 1 aromatic carbocycles. The van der Waals surface area contributed by atoms with Gasteiger partial charge >= 0.3 is 5.97 Å². The molecule has 0 saturated carbocycles. The first-order valence-corrected chi connectivity index (χ1v) is 5.58. The number of carboxylic acids is 1. The predicted molar refractivity (Wildman–Crippen MR) is 58.7 cm³/mol. The van der Waals surface area contributed by atoms with Crippen LogP contribution in [0.3, 0.4) is 0 Å². The van der Waals surface area contributed by atoms with Crippen molar-refractivity contribution in [2.45, 2.75) is 6.42 Å². The Balaban J connectivity index is 2.26. The van der Waals surface area contributed by atoms with E-state index in [1.54, 1.807) is 12.1 Å². The molecule has 1 saturated heterocycles. The summed E-state index contributed by atoms with van der Waals surface area (Å²) in [6, 6.07) is 4.52. The van der Waals surface area contributed by atoms with Crippen LogP contribution in [0.4, 0.5) is 4.39 Å². The zero-order valence-electron chi connectivity index (χ0n) is 8.37. The summed E-state index contributed by atoms with van der Waals surface area (Å²) in [5.41, 5.74) is -0.554. The van der Waals surface area contributed by atoms with Crippen molar-refractivity contribution in [3.05, 3.63) is 34.1 Å². The van der Waals surface area contributed by atoms with Crippen molar-refractivity contribution in [1.82, 2.24) is 0 Å². The van der Waals surface area contributed by atoms with E-state index in [0.717, 1.165) is 4.47 Å². The molecular formula is C11H10BrFO3. The highest BCUT2D eigenvalue weighted by Gasteiger charge is 2.46. The number of halogens is 2. The third-order valence-corrected chi connectivity index (χ3v) is 3.24. The first-order valence-electron chi connectivity index (χ1n) is 4.79. The average Bonchev–Trinajstić information content (AvgIpc) is 2.16. The normalized spacial score (nSPS) is 17.9. The van der Waals surface area contributed by atoms with Gasteiger partial charge in [0.15, 0.2) is 0 Å². The second-order valence-electron chi connectivity index (χ2n) is 3.99. The molecule has 0 amide bonds. The number of rotatable bonds is 3. The fourth-order valence-electron chi connectivity index (χ4n) is 1.69. The van der Waals surface area contributed by atoms with Crippen molar-refractivity contribution in [3.63, 3.8) is 0 Å². The molecule has 1 N–H and O–H groups in total. The molecule has 0 spiro atoms. The smallest absolute Gasteiger partial charge is 0.314 e. The monoisotopic (exact) mass is 288 g/mol. The Bertz CT molecular complexity index is 429. The lowest BCUT2D eigenvalue weighted by Gasteiger charge is -2.37. The highest BCUT2D eigenvalue weighted by Crippen LogP contribution is 2.33. The molecule has 0 aromatic heterocycles. The summed E-state index contributed by atoms with van der Waals surface area (Å²) in [5, 5.41) is 9.09. The molecule has 0 bridgehead atoms. The minimum Gasteiger partial charge on any atom is -0.481 e. The quantitative estimate of drug-likeness (QED) is 0.928. The van der Waals surface area contributed by atoms with Gasteiger partial charge in [-0.2, -0.15) is 0 Å². The van der Waals surface area contributed by atoms with E-state index in [9.17, 15) is 9.18 Å². The van der Waals surface area contributed by atoms with Gasteiger partial charge in [0.1, 0.15) is 11.2 Å². The summed E-state index contributed by atoms with van der Waals surface area (Å²) < 4.78 is 19.1. The molecule has 0 unspecified atom stereocenters. The summed E-state index contributed by atoms with van der Waals surface area (Å²) in [5.74, 6) is -1.31. The Morgan fingerprint density at radius 1 is 1.56 bits per heavy atom. The number of hydrogen-bond donors (Lipinski definition) is 1. The van der Waals surface area contributed by atoms with E-state index < -0.39 is 11.4 Å². The van der Waals surface area contributed by atoms with E-state index in [1.807, 2.05) is 0 Å². The van der Waals surface area contributed by atoms with Gasteiger partial charge in [-0.05, 0) is 30.2 Å². The lowest BCUT2D eigenvalue weighted by atomic mass is 9.80. The molecule has 3 nitrogen and oxygen atoms in total. The molecule has 86 valence electrons. The van der Waals surface area contributed by atoms with Gasteiger partial charge in [-0.15, -0.1) is 0 Å². The zero-order chi connectivity index (χ0) is 11.8. The molecule has 16 heavy (non-hydrogen) atoms. The maximum atomic E-state index is 13.5. The van der Waals surface area contributed by atoms with E-state index >= 15 is 0 Å². The molecule has 0 aliphatic carbocycles. The number of benzene rings is 1. The topological polar surface area (TPSA) is 46.5 Å². The molecule has 0 radical (unpaired) electrons. The van der Waals surface area contributed by atoms with Gasteiger partial charge in [-0.25, -0.2) is 4.39 Å². The minimum atomic E-state index is -0.957. The summed E-state index contributed by atoms with van der Waals surface area (Å²) in [7, 11) is 0. The van der Waals surface area contributed by atoms with Crippen LogP contribution in [0.2, 0.25) is 0 Å². The number of hydrogen-bond acceptors (Lipinski definition) is 2. The first-order chi connectivity index (χ1) is 7.53. The van der Waals surface area contributed by atoms with Crippen LogP contribution in [0, 0.1) is 11.2 Å². The summed E-state index contributed by atoms with van der Waals surface area (Å²) in [6.45, 7) is 0.294.